The summed E-state index contributed by atoms with van der Waals surface area (Å²) in [5.41, 5.74) is 3.18. The summed E-state index contributed by atoms with van der Waals surface area (Å²) >= 11 is 0. The molecule has 5 nitrogen and oxygen atoms in total. The van der Waals surface area contributed by atoms with Gasteiger partial charge in [-0.2, -0.15) is 0 Å². The monoisotopic (exact) mass is 369 g/mol. The number of nitrogens with one attached hydrogen (secondary N) is 3. The van der Waals surface area contributed by atoms with Gasteiger partial charge in [-0.1, -0.05) is 6.07 Å². The van der Waals surface area contributed by atoms with E-state index in [9.17, 15) is 9.59 Å². The van der Waals surface area contributed by atoms with E-state index in [4.69, 9.17) is 0 Å². The van der Waals surface area contributed by atoms with Crippen LogP contribution in [0, 0.1) is 31.6 Å². The minimum Gasteiger partial charge on any atom is -0.338 e. The van der Waals surface area contributed by atoms with Gasteiger partial charge in [-0.05, 0) is 93.4 Å². The first kappa shape index (κ1) is 18.3. The van der Waals surface area contributed by atoms with Crippen molar-refractivity contribution in [3.8, 4) is 0 Å². The molecule has 146 valence electrons. The number of anilines is 1. The molecular weight excluding hydrogens is 338 g/mol. The van der Waals surface area contributed by atoms with Gasteiger partial charge < -0.3 is 16.0 Å². The number of amides is 3. The molecule has 0 unspecified atom stereocenters. The van der Waals surface area contributed by atoms with Crippen molar-refractivity contribution >= 4 is 17.6 Å². The van der Waals surface area contributed by atoms with Crippen LogP contribution in [0.5, 0.6) is 0 Å². The third kappa shape index (κ3) is 4.12. The number of benzene rings is 1. The molecule has 27 heavy (non-hydrogen) atoms. The van der Waals surface area contributed by atoms with Gasteiger partial charge >= 0.3 is 6.03 Å². The van der Waals surface area contributed by atoms with Gasteiger partial charge in [0.15, 0.2) is 0 Å². The van der Waals surface area contributed by atoms with Crippen LogP contribution in [0.15, 0.2) is 18.2 Å². The standard InChI is InChI=1S/C22H31N3O2/c1-14-3-4-19(7-15(14)2)24-20(26)5-6-23-21(27)25-22-11-16-8-17(12-22)10-18(9-16)13-22/h3-4,7,16-18H,5-6,8-13H2,1-2H3,(H,24,26)(H2,23,25,27). The topological polar surface area (TPSA) is 70.2 Å². The maximum absolute atomic E-state index is 12.4. The van der Waals surface area contributed by atoms with Crippen molar-refractivity contribution in [2.45, 2.75) is 64.3 Å². The fourth-order valence-corrected chi connectivity index (χ4v) is 5.88. The van der Waals surface area contributed by atoms with E-state index in [-0.39, 0.29) is 23.9 Å². The largest absolute Gasteiger partial charge is 0.338 e. The first-order valence-electron chi connectivity index (χ1n) is 10.3. The summed E-state index contributed by atoms with van der Waals surface area (Å²) in [7, 11) is 0. The van der Waals surface area contributed by atoms with E-state index in [0.29, 0.717) is 6.54 Å². The van der Waals surface area contributed by atoms with E-state index in [0.717, 1.165) is 48.3 Å². The number of rotatable bonds is 5. The molecule has 4 saturated carbocycles. The van der Waals surface area contributed by atoms with Gasteiger partial charge in [0.1, 0.15) is 0 Å². The highest BCUT2D eigenvalue weighted by atomic mass is 16.2. The molecule has 4 aliphatic rings. The summed E-state index contributed by atoms with van der Waals surface area (Å²) in [6.07, 6.45) is 7.78. The lowest BCUT2D eigenvalue weighted by Gasteiger charge is -2.56. The number of hydrogen-bond acceptors (Lipinski definition) is 2. The van der Waals surface area contributed by atoms with Crippen molar-refractivity contribution in [1.29, 1.82) is 0 Å². The Balaban J connectivity index is 1.22. The minimum absolute atomic E-state index is 0.0144. The van der Waals surface area contributed by atoms with Crippen LogP contribution < -0.4 is 16.0 Å². The predicted molar refractivity (Wildman–Crippen MR) is 107 cm³/mol. The molecule has 1 aromatic carbocycles. The number of urea groups is 1. The van der Waals surface area contributed by atoms with Gasteiger partial charge in [0.05, 0.1) is 0 Å². The smallest absolute Gasteiger partial charge is 0.315 e. The fourth-order valence-electron chi connectivity index (χ4n) is 5.88. The summed E-state index contributed by atoms with van der Waals surface area (Å²) in [6, 6.07) is 5.77. The SMILES string of the molecule is Cc1ccc(NC(=O)CCNC(=O)NC23CC4CC(CC(C4)C2)C3)cc1C. The Morgan fingerprint density at radius 2 is 1.63 bits per heavy atom. The zero-order valence-corrected chi connectivity index (χ0v) is 16.4. The molecule has 4 aliphatic carbocycles. The Labute approximate surface area is 161 Å². The summed E-state index contributed by atoms with van der Waals surface area (Å²) in [5.74, 6) is 2.34. The Morgan fingerprint density at radius 3 is 2.22 bits per heavy atom. The average Bonchev–Trinajstić information content (AvgIpc) is 2.56. The van der Waals surface area contributed by atoms with Crippen LogP contribution in [0.1, 0.15) is 56.1 Å². The second-order valence-electron chi connectivity index (χ2n) is 9.18. The van der Waals surface area contributed by atoms with Crippen LogP contribution in [0.4, 0.5) is 10.5 Å². The molecule has 4 bridgehead atoms. The molecular formula is C22H31N3O2. The third-order valence-electron chi connectivity index (χ3n) is 6.85. The van der Waals surface area contributed by atoms with Gasteiger partial charge in [0.2, 0.25) is 5.91 Å². The van der Waals surface area contributed by atoms with E-state index in [2.05, 4.69) is 16.0 Å². The molecule has 5 rings (SSSR count). The molecule has 0 aliphatic heterocycles. The Bertz CT molecular complexity index is 708. The summed E-state index contributed by atoms with van der Waals surface area (Å²) in [5, 5.41) is 9.06. The highest BCUT2D eigenvalue weighted by Crippen LogP contribution is 2.55. The summed E-state index contributed by atoms with van der Waals surface area (Å²) in [6.45, 7) is 4.43. The molecule has 0 saturated heterocycles. The highest BCUT2D eigenvalue weighted by Gasteiger charge is 2.51. The number of carbonyl (C=O) groups is 2. The van der Waals surface area contributed by atoms with Crippen molar-refractivity contribution in [3.63, 3.8) is 0 Å². The van der Waals surface area contributed by atoms with E-state index in [1.807, 2.05) is 32.0 Å². The Hall–Kier alpha value is -2.04. The molecule has 0 aromatic heterocycles. The van der Waals surface area contributed by atoms with Crippen LogP contribution in [-0.4, -0.2) is 24.0 Å². The van der Waals surface area contributed by atoms with Crippen molar-refractivity contribution in [2.75, 3.05) is 11.9 Å². The van der Waals surface area contributed by atoms with Crippen molar-refractivity contribution in [2.24, 2.45) is 17.8 Å². The van der Waals surface area contributed by atoms with E-state index < -0.39 is 0 Å². The zero-order chi connectivity index (χ0) is 19.0. The van der Waals surface area contributed by atoms with Gasteiger partial charge in [0.25, 0.3) is 0 Å². The van der Waals surface area contributed by atoms with E-state index in [1.165, 1.54) is 24.8 Å². The Morgan fingerprint density at radius 1 is 1.00 bits per heavy atom. The molecule has 3 N–H and O–H groups in total. The highest BCUT2D eigenvalue weighted by molar-refractivity contribution is 5.91. The molecule has 3 amide bonds. The molecule has 0 atom stereocenters. The summed E-state index contributed by atoms with van der Waals surface area (Å²) < 4.78 is 0. The first-order valence-corrected chi connectivity index (χ1v) is 10.3. The second-order valence-corrected chi connectivity index (χ2v) is 9.18. The van der Waals surface area contributed by atoms with Crippen LogP contribution in [-0.2, 0) is 4.79 Å². The molecule has 1 aromatic rings. The molecule has 5 heteroatoms. The summed E-state index contributed by atoms with van der Waals surface area (Å²) in [4.78, 5) is 24.5. The molecule has 4 fully saturated rings. The predicted octanol–water partition coefficient (Wildman–Crippen LogP) is 3.90. The van der Waals surface area contributed by atoms with Crippen LogP contribution in [0.3, 0.4) is 0 Å². The quantitative estimate of drug-likeness (QED) is 0.737. The second kappa shape index (κ2) is 7.17. The maximum Gasteiger partial charge on any atom is 0.315 e. The molecule has 0 spiro atoms. The van der Waals surface area contributed by atoms with Crippen molar-refractivity contribution < 1.29 is 9.59 Å². The lowest BCUT2D eigenvalue weighted by molar-refractivity contribution is -0.116. The van der Waals surface area contributed by atoms with Crippen LogP contribution >= 0.6 is 0 Å². The number of aryl methyl sites for hydroxylation is 2. The van der Waals surface area contributed by atoms with Gasteiger partial charge in [0, 0.05) is 24.2 Å². The van der Waals surface area contributed by atoms with Gasteiger partial charge in [-0.25, -0.2) is 4.79 Å². The normalized spacial score (nSPS) is 30.8. The van der Waals surface area contributed by atoms with Crippen LogP contribution in [0.25, 0.3) is 0 Å². The minimum atomic E-state index is -0.115. The van der Waals surface area contributed by atoms with E-state index in [1.54, 1.807) is 0 Å². The zero-order valence-electron chi connectivity index (χ0n) is 16.4. The molecule has 0 radical (unpaired) electrons. The van der Waals surface area contributed by atoms with Crippen molar-refractivity contribution in [1.82, 2.24) is 10.6 Å². The van der Waals surface area contributed by atoms with Crippen LogP contribution in [0.2, 0.25) is 0 Å². The Kier molecular flexibility index (Phi) is 4.87. The van der Waals surface area contributed by atoms with Gasteiger partial charge in [-0.15, -0.1) is 0 Å². The van der Waals surface area contributed by atoms with Crippen molar-refractivity contribution in [3.05, 3.63) is 29.3 Å². The number of carbonyl (C=O) groups excluding carboxylic acids is 2. The van der Waals surface area contributed by atoms with Gasteiger partial charge in [-0.3, -0.25) is 4.79 Å². The number of hydrogen-bond donors (Lipinski definition) is 3. The lowest BCUT2D eigenvalue weighted by Crippen LogP contribution is -2.61. The molecule has 0 heterocycles. The fraction of sp³-hybridized carbons (Fsp3) is 0.636. The third-order valence-corrected chi connectivity index (χ3v) is 6.85. The maximum atomic E-state index is 12.4. The van der Waals surface area contributed by atoms with E-state index >= 15 is 0 Å². The first-order chi connectivity index (χ1) is 12.9. The average molecular weight is 370 g/mol. The lowest BCUT2D eigenvalue weighted by atomic mass is 9.53.